The third-order valence-corrected chi connectivity index (χ3v) is 5.46. The van der Waals surface area contributed by atoms with Crippen molar-refractivity contribution in [3.05, 3.63) is 80.0 Å². The van der Waals surface area contributed by atoms with Crippen molar-refractivity contribution >= 4 is 34.6 Å². The molecule has 0 aliphatic carbocycles. The number of thiocarbonyl (C=S) groups is 1. The van der Waals surface area contributed by atoms with Gasteiger partial charge in [-0.05, 0) is 56.2 Å². The highest BCUT2D eigenvalue weighted by Crippen LogP contribution is 2.37. The number of nitrogens with zero attached hydrogens (tertiary/aromatic N) is 3. The molecule has 1 N–H and O–H groups in total. The van der Waals surface area contributed by atoms with Crippen LogP contribution in [-0.2, 0) is 4.79 Å². The second kappa shape index (κ2) is 8.62. The molecule has 0 bridgehead atoms. The van der Waals surface area contributed by atoms with E-state index in [1.807, 2.05) is 32.0 Å². The van der Waals surface area contributed by atoms with E-state index in [1.165, 1.54) is 19.0 Å². The predicted octanol–water partition coefficient (Wildman–Crippen LogP) is 4.29. The summed E-state index contributed by atoms with van der Waals surface area (Å²) < 4.78 is 28.7. The SMILES string of the molecule is CC1=C(C(=O)N(C)C)[C@@H](c2cc([N+](=O)[O-])c(F)cc2F)NC(=S)N1c1cc(C)cc(C)c1. The van der Waals surface area contributed by atoms with Crippen LogP contribution < -0.4 is 10.2 Å². The number of nitro groups is 1. The van der Waals surface area contributed by atoms with Crippen LogP contribution in [0.2, 0.25) is 0 Å². The molecule has 1 heterocycles. The molecular formula is C22H22F2N4O3S. The van der Waals surface area contributed by atoms with E-state index < -0.39 is 34.2 Å². The van der Waals surface area contributed by atoms with Crippen LogP contribution in [0.5, 0.6) is 0 Å². The number of carbonyl (C=O) groups is 1. The molecular weight excluding hydrogens is 438 g/mol. The van der Waals surface area contributed by atoms with Crippen LogP contribution in [0.15, 0.2) is 41.6 Å². The minimum absolute atomic E-state index is 0.141. The first-order valence-electron chi connectivity index (χ1n) is 9.67. The summed E-state index contributed by atoms with van der Waals surface area (Å²) in [5, 5.41) is 14.3. The normalized spacial score (nSPS) is 16.2. The maximum Gasteiger partial charge on any atom is 0.305 e. The van der Waals surface area contributed by atoms with Gasteiger partial charge in [0.15, 0.2) is 5.11 Å². The molecule has 0 unspecified atom stereocenters. The molecule has 10 heteroatoms. The first-order chi connectivity index (χ1) is 14.9. The molecule has 0 radical (unpaired) electrons. The Balaban J connectivity index is 2.26. The first kappa shape index (κ1) is 23.3. The molecule has 2 aromatic rings. The molecule has 7 nitrogen and oxygen atoms in total. The Morgan fingerprint density at radius 1 is 1.09 bits per heavy atom. The third-order valence-electron chi connectivity index (χ3n) is 5.16. The van der Waals surface area contributed by atoms with Crippen molar-refractivity contribution in [2.75, 3.05) is 19.0 Å². The Hall–Kier alpha value is -3.40. The van der Waals surface area contributed by atoms with Gasteiger partial charge < -0.3 is 10.2 Å². The maximum atomic E-state index is 14.8. The van der Waals surface area contributed by atoms with E-state index in [9.17, 15) is 23.7 Å². The van der Waals surface area contributed by atoms with Crippen molar-refractivity contribution in [2.24, 2.45) is 0 Å². The number of aryl methyl sites for hydroxylation is 2. The van der Waals surface area contributed by atoms with Crippen LogP contribution >= 0.6 is 12.2 Å². The molecule has 168 valence electrons. The summed E-state index contributed by atoms with van der Waals surface area (Å²) >= 11 is 5.53. The lowest BCUT2D eigenvalue weighted by molar-refractivity contribution is -0.387. The van der Waals surface area contributed by atoms with E-state index in [4.69, 9.17) is 12.2 Å². The van der Waals surface area contributed by atoms with Gasteiger partial charge in [0.2, 0.25) is 5.82 Å². The molecule has 1 aliphatic heterocycles. The van der Waals surface area contributed by atoms with Gasteiger partial charge in [0.1, 0.15) is 5.82 Å². The quantitative estimate of drug-likeness (QED) is 0.417. The number of nitrogens with one attached hydrogen (secondary N) is 1. The van der Waals surface area contributed by atoms with Gasteiger partial charge in [-0.15, -0.1) is 0 Å². The number of hydrogen-bond acceptors (Lipinski definition) is 4. The van der Waals surface area contributed by atoms with Crippen LogP contribution in [0.4, 0.5) is 20.2 Å². The van der Waals surface area contributed by atoms with Crippen LogP contribution in [0.3, 0.4) is 0 Å². The smallest absolute Gasteiger partial charge is 0.305 e. The van der Waals surface area contributed by atoms with Crippen LogP contribution in [0, 0.1) is 35.6 Å². The number of hydrogen-bond donors (Lipinski definition) is 1. The number of amides is 1. The highest BCUT2D eigenvalue weighted by atomic mass is 32.1. The van der Waals surface area contributed by atoms with Crippen molar-refractivity contribution in [1.82, 2.24) is 10.2 Å². The fourth-order valence-electron chi connectivity index (χ4n) is 3.80. The Kier molecular flexibility index (Phi) is 6.27. The van der Waals surface area contributed by atoms with Gasteiger partial charge >= 0.3 is 5.69 Å². The van der Waals surface area contributed by atoms with E-state index in [0.717, 1.165) is 17.2 Å². The summed E-state index contributed by atoms with van der Waals surface area (Å²) in [6.07, 6.45) is 0. The average Bonchev–Trinajstić information content (AvgIpc) is 2.66. The minimum Gasteiger partial charge on any atom is -0.351 e. The summed E-state index contributed by atoms with van der Waals surface area (Å²) in [5.74, 6) is -2.76. The van der Waals surface area contributed by atoms with Gasteiger partial charge in [0, 0.05) is 43.2 Å². The highest BCUT2D eigenvalue weighted by molar-refractivity contribution is 7.80. The van der Waals surface area contributed by atoms with Crippen molar-refractivity contribution in [3.8, 4) is 0 Å². The summed E-state index contributed by atoms with van der Waals surface area (Å²) in [4.78, 5) is 26.4. The Morgan fingerprint density at radius 2 is 1.69 bits per heavy atom. The third kappa shape index (κ3) is 4.18. The van der Waals surface area contributed by atoms with E-state index in [1.54, 1.807) is 11.8 Å². The lowest BCUT2D eigenvalue weighted by Gasteiger charge is -2.38. The molecule has 32 heavy (non-hydrogen) atoms. The second-order valence-electron chi connectivity index (χ2n) is 7.84. The number of nitro benzene ring substituents is 1. The van der Waals surface area contributed by atoms with Crippen molar-refractivity contribution in [2.45, 2.75) is 26.8 Å². The molecule has 0 spiro atoms. The monoisotopic (exact) mass is 460 g/mol. The molecule has 2 aromatic carbocycles. The maximum absolute atomic E-state index is 14.8. The van der Waals surface area contributed by atoms with Gasteiger partial charge in [-0.2, -0.15) is 4.39 Å². The average molecular weight is 461 g/mol. The zero-order valence-electron chi connectivity index (χ0n) is 18.2. The van der Waals surface area contributed by atoms with Crippen molar-refractivity contribution in [3.63, 3.8) is 0 Å². The standard InChI is InChI=1S/C22H22F2N4O3S/c1-11-6-12(2)8-14(7-11)27-13(3)19(21(29)26(4)5)20(25-22(27)32)15-9-18(28(30)31)17(24)10-16(15)23/h6-10,20H,1-5H3,(H,25,32)/t20-/m1/s1. The lowest BCUT2D eigenvalue weighted by atomic mass is 9.92. The summed E-state index contributed by atoms with van der Waals surface area (Å²) in [6.45, 7) is 5.53. The number of anilines is 1. The van der Waals surface area contributed by atoms with Gasteiger partial charge in [-0.25, -0.2) is 4.39 Å². The van der Waals surface area contributed by atoms with Gasteiger partial charge in [0.25, 0.3) is 5.91 Å². The molecule has 0 aromatic heterocycles. The van der Waals surface area contributed by atoms with Crippen LogP contribution in [0.25, 0.3) is 0 Å². The van der Waals surface area contributed by atoms with Crippen LogP contribution in [0.1, 0.15) is 29.7 Å². The van der Waals surface area contributed by atoms with Crippen molar-refractivity contribution < 1.29 is 18.5 Å². The Morgan fingerprint density at radius 3 is 2.22 bits per heavy atom. The van der Waals surface area contributed by atoms with Gasteiger partial charge in [-0.1, -0.05) is 6.07 Å². The second-order valence-corrected chi connectivity index (χ2v) is 8.23. The predicted molar refractivity (Wildman–Crippen MR) is 121 cm³/mol. The number of rotatable bonds is 4. The fourth-order valence-corrected chi connectivity index (χ4v) is 4.16. The van der Waals surface area contributed by atoms with Crippen molar-refractivity contribution in [1.29, 1.82) is 0 Å². The van der Waals surface area contributed by atoms with Gasteiger partial charge in [0.05, 0.1) is 16.5 Å². The van der Waals surface area contributed by atoms with E-state index in [2.05, 4.69) is 5.32 Å². The molecule has 0 saturated heterocycles. The topological polar surface area (TPSA) is 78.7 Å². The summed E-state index contributed by atoms with van der Waals surface area (Å²) in [6, 6.07) is 5.89. The summed E-state index contributed by atoms with van der Waals surface area (Å²) in [5.41, 5.74) is 2.13. The Labute approximate surface area is 189 Å². The van der Waals surface area contributed by atoms with E-state index >= 15 is 0 Å². The summed E-state index contributed by atoms with van der Waals surface area (Å²) in [7, 11) is 3.08. The minimum atomic E-state index is -1.30. The number of allylic oxidation sites excluding steroid dienone is 1. The number of benzene rings is 2. The number of carbonyl (C=O) groups excluding carboxylic acids is 1. The van der Waals surface area contributed by atoms with E-state index in [0.29, 0.717) is 17.5 Å². The van der Waals surface area contributed by atoms with Crippen LogP contribution in [-0.4, -0.2) is 34.9 Å². The zero-order valence-corrected chi connectivity index (χ0v) is 19.0. The number of halogens is 2. The molecule has 3 rings (SSSR count). The zero-order chi connectivity index (χ0) is 23.9. The number of likely N-dealkylation sites (N-methyl/N-ethyl adjacent to an activating group) is 1. The molecule has 0 fully saturated rings. The first-order valence-corrected chi connectivity index (χ1v) is 10.1. The largest absolute Gasteiger partial charge is 0.351 e. The molecule has 1 amide bonds. The fraction of sp³-hybridized carbons (Fsp3) is 0.273. The Bertz CT molecular complexity index is 1160. The lowest BCUT2D eigenvalue weighted by Crippen LogP contribution is -2.49. The highest BCUT2D eigenvalue weighted by Gasteiger charge is 2.37. The van der Waals surface area contributed by atoms with E-state index in [-0.39, 0.29) is 16.2 Å². The molecule has 1 aliphatic rings. The van der Waals surface area contributed by atoms with Gasteiger partial charge in [-0.3, -0.25) is 19.8 Å². The molecule has 1 atom stereocenters. The molecule has 0 saturated carbocycles.